The maximum absolute atomic E-state index is 12.3. The molecule has 14 nitrogen and oxygen atoms in total. The summed E-state index contributed by atoms with van der Waals surface area (Å²) >= 11 is 0. The molecule has 0 aliphatic carbocycles. The van der Waals surface area contributed by atoms with Gasteiger partial charge in [-0.2, -0.15) is 9.97 Å². The van der Waals surface area contributed by atoms with E-state index in [1.165, 1.54) is 6.33 Å². The first-order valence-corrected chi connectivity index (χ1v) is 13.8. The van der Waals surface area contributed by atoms with Gasteiger partial charge >= 0.3 is 21.3 Å². The van der Waals surface area contributed by atoms with Crippen LogP contribution in [0.4, 0.5) is 5.95 Å². The molecule has 40 heavy (non-hydrogen) atoms. The molecule has 1 unspecified atom stereocenters. The highest BCUT2D eigenvalue weighted by Gasteiger charge is 2.54. The molecule has 0 radical (unpaired) electrons. The first kappa shape index (κ1) is 29.8. The van der Waals surface area contributed by atoms with Gasteiger partial charge in [0.05, 0.1) is 25.6 Å². The van der Waals surface area contributed by atoms with Crippen molar-refractivity contribution in [2.75, 3.05) is 32.2 Å². The van der Waals surface area contributed by atoms with Crippen molar-refractivity contribution in [1.29, 1.82) is 0 Å². The fourth-order valence-electron chi connectivity index (χ4n) is 4.48. The number of nitrogen functional groups attached to an aromatic ring is 1. The van der Waals surface area contributed by atoms with E-state index in [1.807, 2.05) is 26.8 Å². The molecule has 1 saturated heterocycles. The Morgan fingerprint density at radius 2 is 1.95 bits per heavy atom. The van der Waals surface area contributed by atoms with E-state index in [9.17, 15) is 14.4 Å². The Hall–Kier alpha value is -3.20. The average Bonchev–Trinajstić information content (AvgIpc) is 3.44. The Bertz CT molecular complexity index is 1330. The standard InChI is InChI=1S/C24H32BN5O9P/c1-5-34-17(31)13-37-40(33)36-12-16-19(39-25(32)15-10-8-7-9-11-15)24(3,4)22(38-16)30-14-27-18-20(30)28-23(26)29-21(18)35-6-2/h7-11,14,16,19,22,32H,5-6,12-13H2,1-4H3,(H2,26,28,29)/q+1/t16-,19-,22-/m1/s1. The molecule has 16 heteroatoms. The average molecular weight is 576 g/mol. The molecule has 0 amide bonds. The van der Waals surface area contributed by atoms with Crippen molar-refractivity contribution in [1.82, 2.24) is 19.5 Å². The molecular weight excluding hydrogens is 544 g/mol. The Balaban J connectivity index is 1.60. The highest BCUT2D eigenvalue weighted by atomic mass is 31.1. The van der Waals surface area contributed by atoms with E-state index in [2.05, 4.69) is 15.0 Å². The Morgan fingerprint density at radius 1 is 1.20 bits per heavy atom. The molecule has 4 atom stereocenters. The number of imidazole rings is 1. The highest BCUT2D eigenvalue weighted by Crippen LogP contribution is 2.48. The molecule has 214 valence electrons. The topological polar surface area (TPSA) is 179 Å². The minimum Gasteiger partial charge on any atom is -0.476 e. The number of nitrogens with zero attached hydrogens (tertiary/aromatic N) is 4. The van der Waals surface area contributed by atoms with Crippen molar-refractivity contribution < 1.29 is 42.3 Å². The van der Waals surface area contributed by atoms with Gasteiger partial charge in [-0.25, -0.2) is 9.78 Å². The summed E-state index contributed by atoms with van der Waals surface area (Å²) in [6.07, 6.45) is -0.804. The molecule has 1 aromatic carbocycles. The fourth-order valence-corrected chi connectivity index (χ4v) is 5.03. The normalized spacial score (nSPS) is 20.4. The van der Waals surface area contributed by atoms with Crippen molar-refractivity contribution in [2.24, 2.45) is 5.41 Å². The monoisotopic (exact) mass is 576 g/mol. The molecule has 4 rings (SSSR count). The third-order valence-corrected chi connectivity index (χ3v) is 6.95. The Morgan fingerprint density at radius 3 is 2.65 bits per heavy atom. The van der Waals surface area contributed by atoms with Gasteiger partial charge in [-0.1, -0.05) is 44.2 Å². The molecular formula is C24H32BN5O9P+. The van der Waals surface area contributed by atoms with E-state index in [0.717, 1.165) is 0 Å². The first-order chi connectivity index (χ1) is 19.1. The second kappa shape index (κ2) is 13.0. The van der Waals surface area contributed by atoms with Gasteiger partial charge in [0.15, 0.2) is 11.2 Å². The van der Waals surface area contributed by atoms with Gasteiger partial charge in [0.2, 0.25) is 18.4 Å². The number of hydrogen-bond donors (Lipinski definition) is 2. The molecule has 1 aliphatic heterocycles. The predicted octanol–water partition coefficient (Wildman–Crippen LogP) is 1.76. The number of hydrogen-bond acceptors (Lipinski definition) is 13. The van der Waals surface area contributed by atoms with Crippen LogP contribution in [0.2, 0.25) is 0 Å². The quantitative estimate of drug-likeness (QED) is 0.171. The lowest BCUT2D eigenvalue weighted by atomic mass is 9.76. The zero-order valence-corrected chi connectivity index (χ0v) is 23.5. The van der Waals surface area contributed by atoms with Crippen molar-refractivity contribution >= 4 is 43.9 Å². The molecule has 1 fully saturated rings. The summed E-state index contributed by atoms with van der Waals surface area (Å²) in [7, 11) is -3.96. The lowest BCUT2D eigenvalue weighted by molar-refractivity contribution is -0.145. The van der Waals surface area contributed by atoms with E-state index in [-0.39, 0.29) is 25.0 Å². The van der Waals surface area contributed by atoms with Crippen LogP contribution < -0.4 is 15.9 Å². The van der Waals surface area contributed by atoms with Gasteiger partial charge < -0.3 is 29.6 Å². The molecule has 2 aromatic heterocycles. The number of ether oxygens (including phenoxy) is 3. The molecule has 0 bridgehead atoms. The third-order valence-electron chi connectivity index (χ3n) is 6.25. The zero-order chi connectivity index (χ0) is 28.9. The third kappa shape index (κ3) is 6.57. The van der Waals surface area contributed by atoms with Crippen molar-refractivity contribution in [3.05, 3.63) is 36.7 Å². The number of benzene rings is 1. The number of rotatable bonds is 13. The van der Waals surface area contributed by atoms with Crippen molar-refractivity contribution in [3.63, 3.8) is 0 Å². The van der Waals surface area contributed by atoms with Crippen LogP contribution >= 0.6 is 8.25 Å². The molecule has 3 N–H and O–H groups in total. The van der Waals surface area contributed by atoms with Crippen LogP contribution in [0, 0.1) is 5.41 Å². The fraction of sp³-hybridized carbons (Fsp3) is 0.500. The lowest BCUT2D eigenvalue weighted by Gasteiger charge is -2.32. The number of aromatic nitrogens is 4. The van der Waals surface area contributed by atoms with Crippen LogP contribution in [-0.4, -0.2) is 76.3 Å². The van der Waals surface area contributed by atoms with Gasteiger partial charge in [0, 0.05) is 9.98 Å². The molecule has 3 aromatic rings. The number of fused-ring (bicyclic) bond motifs is 1. The SMILES string of the molecule is CCOC(=O)CO[P+](=O)OC[C@H]1O[C@@H](n2cnc3c(OCC)nc(N)nc32)C(C)(C)[C@@H]1OB(O)c1ccccc1. The summed E-state index contributed by atoms with van der Waals surface area (Å²) in [5.41, 5.74) is 6.44. The molecule has 3 heterocycles. The summed E-state index contributed by atoms with van der Waals surface area (Å²) in [5.74, 6) is -0.432. The van der Waals surface area contributed by atoms with E-state index < -0.39 is 51.8 Å². The summed E-state index contributed by atoms with van der Waals surface area (Å²) in [5, 5.41) is 10.9. The number of carbonyl (C=O) groups excluding carboxylic acids is 1. The van der Waals surface area contributed by atoms with Crippen LogP contribution in [-0.2, 0) is 32.5 Å². The predicted molar refractivity (Wildman–Crippen MR) is 144 cm³/mol. The van der Waals surface area contributed by atoms with Crippen molar-refractivity contribution in [3.8, 4) is 5.88 Å². The van der Waals surface area contributed by atoms with E-state index in [1.54, 1.807) is 35.8 Å². The maximum atomic E-state index is 12.3. The van der Waals surface area contributed by atoms with Crippen LogP contribution in [0.5, 0.6) is 5.88 Å². The van der Waals surface area contributed by atoms with Gasteiger partial charge in [0.1, 0.15) is 18.9 Å². The van der Waals surface area contributed by atoms with E-state index >= 15 is 0 Å². The van der Waals surface area contributed by atoms with Gasteiger partial charge in [-0.05, 0) is 19.3 Å². The van der Waals surface area contributed by atoms with E-state index in [4.69, 9.17) is 33.6 Å². The zero-order valence-electron chi connectivity index (χ0n) is 22.6. The molecule has 0 saturated carbocycles. The van der Waals surface area contributed by atoms with Crippen LogP contribution in [0.3, 0.4) is 0 Å². The second-order valence-corrected chi connectivity index (χ2v) is 10.4. The number of anilines is 1. The largest absolute Gasteiger partial charge is 0.698 e. The summed E-state index contributed by atoms with van der Waals surface area (Å²) < 4.78 is 47.2. The summed E-state index contributed by atoms with van der Waals surface area (Å²) in [4.78, 5) is 24.4. The van der Waals surface area contributed by atoms with Gasteiger partial charge in [0.25, 0.3) is 0 Å². The minimum atomic E-state index is -2.68. The number of nitrogens with two attached hydrogens (primary N) is 1. The molecule has 1 aliphatic rings. The summed E-state index contributed by atoms with van der Waals surface area (Å²) in [6.45, 7) is 6.99. The number of carbonyl (C=O) groups is 1. The van der Waals surface area contributed by atoms with Gasteiger partial charge in [-0.15, -0.1) is 9.05 Å². The van der Waals surface area contributed by atoms with E-state index in [0.29, 0.717) is 23.2 Å². The first-order valence-electron chi connectivity index (χ1n) is 12.7. The smallest absolute Gasteiger partial charge is 0.476 e. The maximum Gasteiger partial charge on any atom is 0.698 e. The minimum absolute atomic E-state index is 0.00330. The second-order valence-electron chi connectivity index (χ2n) is 9.41. The van der Waals surface area contributed by atoms with Gasteiger partial charge in [-0.3, -0.25) is 4.57 Å². The summed E-state index contributed by atoms with van der Waals surface area (Å²) in [6, 6.07) is 8.85. The van der Waals surface area contributed by atoms with Crippen LogP contribution in [0.15, 0.2) is 36.7 Å². The molecule has 0 spiro atoms. The highest BCUT2D eigenvalue weighted by molar-refractivity contribution is 7.33. The Kier molecular flexibility index (Phi) is 9.66. The number of esters is 1. The van der Waals surface area contributed by atoms with Crippen LogP contribution in [0.25, 0.3) is 11.2 Å². The lowest BCUT2D eigenvalue weighted by Crippen LogP contribution is -2.46. The van der Waals surface area contributed by atoms with Crippen molar-refractivity contribution in [2.45, 2.75) is 46.1 Å². The Labute approximate surface area is 232 Å². The van der Waals surface area contributed by atoms with Crippen LogP contribution in [0.1, 0.15) is 33.9 Å².